The van der Waals surface area contributed by atoms with E-state index >= 15 is 0 Å². The van der Waals surface area contributed by atoms with Gasteiger partial charge in [0, 0.05) is 23.6 Å². The molecule has 0 spiro atoms. The number of carboxylic acids is 1. The van der Waals surface area contributed by atoms with Gasteiger partial charge in [-0.3, -0.25) is 4.79 Å². The average molecular weight is 286 g/mol. The molecule has 0 aromatic rings. The summed E-state index contributed by atoms with van der Waals surface area (Å²) in [5.74, 6) is -0.837. The van der Waals surface area contributed by atoms with Gasteiger partial charge in [0.15, 0.2) is 0 Å². The molecule has 1 saturated heterocycles. The van der Waals surface area contributed by atoms with E-state index in [1.54, 1.807) is 0 Å². The predicted molar refractivity (Wildman–Crippen MR) is 75.5 cm³/mol. The summed E-state index contributed by atoms with van der Waals surface area (Å²) in [5.41, 5.74) is -0.500. The van der Waals surface area contributed by atoms with Crippen molar-refractivity contribution in [3.05, 3.63) is 0 Å². The molecule has 6 heteroatoms. The highest BCUT2D eigenvalue weighted by Gasteiger charge is 2.41. The minimum absolute atomic E-state index is 0.0342. The molecule has 0 radical (unpaired) electrons. The monoisotopic (exact) mass is 286 g/mol. The highest BCUT2D eigenvalue weighted by Crippen LogP contribution is 2.35. The Morgan fingerprint density at radius 2 is 1.89 bits per heavy atom. The van der Waals surface area contributed by atoms with E-state index in [0.29, 0.717) is 10.5 Å². The van der Waals surface area contributed by atoms with Crippen LogP contribution in [-0.4, -0.2) is 51.1 Å². The summed E-state index contributed by atoms with van der Waals surface area (Å²) in [6, 6.07) is -0.0973. The lowest BCUT2D eigenvalue weighted by molar-refractivity contribution is -0.139. The molecule has 5 nitrogen and oxygen atoms in total. The Morgan fingerprint density at radius 3 is 2.32 bits per heavy atom. The van der Waals surface area contributed by atoms with Gasteiger partial charge in [-0.1, -0.05) is 13.8 Å². The lowest BCUT2D eigenvalue weighted by atomic mass is 9.74. The molecule has 2 aliphatic rings. The van der Waals surface area contributed by atoms with E-state index in [4.69, 9.17) is 5.11 Å². The van der Waals surface area contributed by atoms with Crippen LogP contribution < -0.4 is 5.32 Å². The third kappa shape index (κ3) is 3.55. The number of nitrogens with one attached hydrogen (secondary N) is 1. The first-order valence-corrected chi connectivity index (χ1v) is 7.79. The summed E-state index contributed by atoms with van der Waals surface area (Å²) in [5, 5.41) is 12.8. The van der Waals surface area contributed by atoms with Crippen LogP contribution in [-0.2, 0) is 4.79 Å². The normalized spacial score (nSPS) is 29.5. The van der Waals surface area contributed by atoms with Gasteiger partial charge in [0.2, 0.25) is 0 Å². The smallest absolute Gasteiger partial charge is 0.317 e. The SMILES string of the molecule is CC1CN(C(=O)NC2(CC(=O)O)CCC2)CC(C)S1. The van der Waals surface area contributed by atoms with Crippen LogP contribution in [0.25, 0.3) is 0 Å². The second-order valence-corrected chi connectivity index (χ2v) is 7.68. The lowest BCUT2D eigenvalue weighted by Gasteiger charge is -2.44. The van der Waals surface area contributed by atoms with Crippen LogP contribution in [0.3, 0.4) is 0 Å². The molecule has 19 heavy (non-hydrogen) atoms. The highest BCUT2D eigenvalue weighted by atomic mass is 32.2. The van der Waals surface area contributed by atoms with E-state index in [1.807, 2.05) is 16.7 Å². The third-order valence-corrected chi connectivity index (χ3v) is 5.11. The summed E-state index contributed by atoms with van der Waals surface area (Å²) in [4.78, 5) is 25.0. The molecular formula is C13H22N2O3S. The molecule has 1 aliphatic heterocycles. The fraction of sp³-hybridized carbons (Fsp3) is 0.846. The van der Waals surface area contributed by atoms with E-state index in [1.165, 1.54) is 0 Å². The first kappa shape index (κ1) is 14.5. The zero-order valence-electron chi connectivity index (χ0n) is 11.5. The van der Waals surface area contributed by atoms with E-state index in [9.17, 15) is 9.59 Å². The van der Waals surface area contributed by atoms with Gasteiger partial charge >= 0.3 is 12.0 Å². The summed E-state index contributed by atoms with van der Waals surface area (Å²) >= 11 is 1.89. The molecular weight excluding hydrogens is 264 g/mol. The molecule has 2 fully saturated rings. The number of hydrogen-bond donors (Lipinski definition) is 2. The van der Waals surface area contributed by atoms with E-state index in [2.05, 4.69) is 19.2 Å². The van der Waals surface area contributed by atoms with Gasteiger partial charge in [-0.2, -0.15) is 11.8 Å². The zero-order valence-corrected chi connectivity index (χ0v) is 12.3. The summed E-state index contributed by atoms with van der Waals surface area (Å²) in [6.45, 7) is 5.72. The van der Waals surface area contributed by atoms with E-state index < -0.39 is 11.5 Å². The van der Waals surface area contributed by atoms with E-state index in [0.717, 1.165) is 32.4 Å². The van der Waals surface area contributed by atoms with Gasteiger partial charge in [-0.05, 0) is 19.3 Å². The van der Waals surface area contributed by atoms with Crippen LogP contribution in [0.1, 0.15) is 39.5 Å². The fourth-order valence-corrected chi connectivity index (χ4v) is 4.21. The number of carbonyl (C=O) groups is 2. The first-order chi connectivity index (χ1) is 8.90. The van der Waals surface area contributed by atoms with Crippen molar-refractivity contribution in [2.45, 2.75) is 55.6 Å². The van der Waals surface area contributed by atoms with Gasteiger partial charge in [-0.15, -0.1) is 0 Å². The maximum Gasteiger partial charge on any atom is 0.317 e. The summed E-state index contributed by atoms with van der Waals surface area (Å²) in [7, 11) is 0. The molecule has 2 atom stereocenters. The van der Waals surface area contributed by atoms with Crippen LogP contribution in [0.15, 0.2) is 0 Å². The van der Waals surface area contributed by atoms with Crippen LogP contribution in [0.5, 0.6) is 0 Å². The number of urea groups is 1. The van der Waals surface area contributed by atoms with Gasteiger partial charge in [0.25, 0.3) is 0 Å². The number of aliphatic carboxylic acids is 1. The van der Waals surface area contributed by atoms with Crippen molar-refractivity contribution in [3.63, 3.8) is 0 Å². The molecule has 2 amide bonds. The zero-order chi connectivity index (χ0) is 14.0. The van der Waals surface area contributed by atoms with Gasteiger partial charge in [0.05, 0.1) is 12.0 Å². The van der Waals surface area contributed by atoms with Crippen LogP contribution in [0.4, 0.5) is 4.79 Å². The number of hydrogen-bond acceptors (Lipinski definition) is 3. The van der Waals surface area contributed by atoms with E-state index in [-0.39, 0.29) is 12.5 Å². The summed E-state index contributed by atoms with van der Waals surface area (Å²) < 4.78 is 0. The molecule has 0 bridgehead atoms. The Balaban J connectivity index is 1.94. The number of nitrogens with zero attached hydrogens (tertiary/aromatic N) is 1. The third-order valence-electron chi connectivity index (χ3n) is 3.88. The molecule has 2 N–H and O–H groups in total. The molecule has 1 saturated carbocycles. The number of thioether (sulfide) groups is 1. The Labute approximate surface area is 118 Å². The van der Waals surface area contributed by atoms with Crippen molar-refractivity contribution in [3.8, 4) is 0 Å². The molecule has 0 aromatic heterocycles. The molecule has 2 rings (SSSR count). The average Bonchev–Trinajstić information content (AvgIpc) is 2.23. The maximum absolute atomic E-state index is 12.3. The molecule has 0 aromatic carbocycles. The number of rotatable bonds is 3. The van der Waals surface area contributed by atoms with Crippen molar-refractivity contribution < 1.29 is 14.7 Å². The molecule has 1 heterocycles. The number of amides is 2. The standard InChI is InChI=1S/C13H22N2O3S/c1-9-7-15(8-10(2)19-9)12(18)14-13(4-3-5-13)6-11(16)17/h9-10H,3-8H2,1-2H3,(H,14,18)(H,16,17). The second kappa shape index (κ2) is 5.61. The fourth-order valence-electron chi connectivity index (χ4n) is 2.89. The second-order valence-electron chi connectivity index (χ2n) is 5.80. The first-order valence-electron chi connectivity index (χ1n) is 6.84. The summed E-state index contributed by atoms with van der Waals surface area (Å²) in [6.07, 6.45) is 2.58. The molecule has 1 aliphatic carbocycles. The Kier molecular flexibility index (Phi) is 4.28. The molecule has 108 valence electrons. The largest absolute Gasteiger partial charge is 0.481 e. The topological polar surface area (TPSA) is 69.6 Å². The Morgan fingerprint density at radius 1 is 1.32 bits per heavy atom. The Bertz CT molecular complexity index is 361. The Hall–Kier alpha value is -0.910. The minimum Gasteiger partial charge on any atom is -0.481 e. The molecule has 2 unspecified atom stereocenters. The number of carboxylic acid groups (broad SMARTS) is 1. The van der Waals surface area contributed by atoms with Gasteiger partial charge < -0.3 is 15.3 Å². The van der Waals surface area contributed by atoms with Crippen LogP contribution in [0, 0.1) is 0 Å². The van der Waals surface area contributed by atoms with Crippen LogP contribution >= 0.6 is 11.8 Å². The van der Waals surface area contributed by atoms with Crippen molar-refractivity contribution >= 4 is 23.8 Å². The minimum atomic E-state index is -0.837. The van der Waals surface area contributed by atoms with Crippen molar-refractivity contribution in [2.75, 3.05) is 13.1 Å². The lowest BCUT2D eigenvalue weighted by Crippen LogP contribution is -2.59. The van der Waals surface area contributed by atoms with Crippen molar-refractivity contribution in [1.82, 2.24) is 10.2 Å². The van der Waals surface area contributed by atoms with Crippen molar-refractivity contribution in [1.29, 1.82) is 0 Å². The maximum atomic E-state index is 12.3. The predicted octanol–water partition coefficient (Wildman–Crippen LogP) is 1.92. The highest BCUT2D eigenvalue weighted by molar-refractivity contribution is 8.00. The van der Waals surface area contributed by atoms with Crippen LogP contribution in [0.2, 0.25) is 0 Å². The van der Waals surface area contributed by atoms with Gasteiger partial charge in [0.1, 0.15) is 0 Å². The number of carbonyl (C=O) groups excluding carboxylic acids is 1. The van der Waals surface area contributed by atoms with Gasteiger partial charge in [-0.25, -0.2) is 4.79 Å². The van der Waals surface area contributed by atoms with Crippen molar-refractivity contribution in [2.24, 2.45) is 0 Å². The quantitative estimate of drug-likeness (QED) is 0.831.